The van der Waals surface area contributed by atoms with E-state index >= 15 is 0 Å². The zero-order valence-electron chi connectivity index (χ0n) is 12.9. The second kappa shape index (κ2) is 5.31. The Hall–Kier alpha value is -1.77. The van der Waals surface area contributed by atoms with Gasteiger partial charge in [-0.15, -0.1) is 0 Å². The Labute approximate surface area is 120 Å². The standard InChI is InChI=1S/C17H23NO2/c1-12(2)11-18-14-9-7-6-8-13(14)10-15(18)16(19)20-17(3,4)5/h6-10,12H,11H2,1-5H3. The molecule has 0 saturated heterocycles. The van der Waals surface area contributed by atoms with E-state index < -0.39 is 5.60 Å². The molecule has 0 saturated carbocycles. The van der Waals surface area contributed by atoms with E-state index in [2.05, 4.69) is 18.4 Å². The summed E-state index contributed by atoms with van der Waals surface area (Å²) in [7, 11) is 0. The number of benzene rings is 1. The number of ether oxygens (including phenoxy) is 1. The molecular formula is C17H23NO2. The van der Waals surface area contributed by atoms with E-state index in [9.17, 15) is 4.79 Å². The van der Waals surface area contributed by atoms with Gasteiger partial charge in [0.1, 0.15) is 11.3 Å². The Kier molecular flexibility index (Phi) is 3.89. The number of rotatable bonds is 3. The molecule has 0 radical (unpaired) electrons. The van der Waals surface area contributed by atoms with Crippen LogP contribution in [0.1, 0.15) is 45.1 Å². The van der Waals surface area contributed by atoms with Gasteiger partial charge in [-0.25, -0.2) is 4.79 Å². The molecule has 2 aromatic rings. The van der Waals surface area contributed by atoms with E-state index in [1.807, 2.05) is 51.1 Å². The van der Waals surface area contributed by atoms with Crippen LogP contribution in [0.25, 0.3) is 10.9 Å². The van der Waals surface area contributed by atoms with Crippen LogP contribution >= 0.6 is 0 Å². The van der Waals surface area contributed by atoms with Gasteiger partial charge in [-0.3, -0.25) is 0 Å². The fraction of sp³-hybridized carbons (Fsp3) is 0.471. The highest BCUT2D eigenvalue weighted by atomic mass is 16.6. The van der Waals surface area contributed by atoms with Crippen LogP contribution in [-0.4, -0.2) is 16.1 Å². The highest BCUT2D eigenvalue weighted by molar-refractivity contribution is 5.95. The average molecular weight is 273 g/mol. The van der Waals surface area contributed by atoms with Gasteiger partial charge in [0.25, 0.3) is 0 Å². The van der Waals surface area contributed by atoms with E-state index in [0.717, 1.165) is 17.4 Å². The van der Waals surface area contributed by atoms with Crippen molar-refractivity contribution < 1.29 is 9.53 Å². The molecule has 20 heavy (non-hydrogen) atoms. The van der Waals surface area contributed by atoms with Crippen LogP contribution < -0.4 is 0 Å². The van der Waals surface area contributed by atoms with Gasteiger partial charge in [0.2, 0.25) is 0 Å². The minimum Gasteiger partial charge on any atom is -0.455 e. The van der Waals surface area contributed by atoms with Crippen molar-refractivity contribution in [2.75, 3.05) is 0 Å². The lowest BCUT2D eigenvalue weighted by atomic mass is 10.2. The Morgan fingerprint density at radius 2 is 1.90 bits per heavy atom. The Morgan fingerprint density at radius 1 is 1.25 bits per heavy atom. The minimum atomic E-state index is -0.476. The number of hydrogen-bond acceptors (Lipinski definition) is 2. The molecule has 0 amide bonds. The molecule has 0 atom stereocenters. The van der Waals surface area contributed by atoms with Gasteiger partial charge < -0.3 is 9.30 Å². The van der Waals surface area contributed by atoms with Crippen LogP contribution in [-0.2, 0) is 11.3 Å². The molecule has 2 rings (SSSR count). The lowest BCUT2D eigenvalue weighted by molar-refractivity contribution is 0.00576. The molecule has 0 aliphatic rings. The van der Waals surface area contributed by atoms with Crippen LogP contribution in [0.3, 0.4) is 0 Å². The maximum Gasteiger partial charge on any atom is 0.355 e. The normalized spacial score (nSPS) is 12.1. The summed E-state index contributed by atoms with van der Waals surface area (Å²) >= 11 is 0. The molecule has 0 bridgehead atoms. The third-order valence-electron chi connectivity index (χ3n) is 2.97. The fourth-order valence-corrected chi connectivity index (χ4v) is 2.27. The third-order valence-corrected chi connectivity index (χ3v) is 2.97. The van der Waals surface area contributed by atoms with E-state index in [-0.39, 0.29) is 5.97 Å². The predicted molar refractivity (Wildman–Crippen MR) is 81.9 cm³/mol. The summed E-state index contributed by atoms with van der Waals surface area (Å²) in [6.07, 6.45) is 0. The summed E-state index contributed by atoms with van der Waals surface area (Å²) < 4.78 is 7.58. The zero-order valence-corrected chi connectivity index (χ0v) is 12.9. The van der Waals surface area contributed by atoms with Crippen LogP contribution in [0.15, 0.2) is 30.3 Å². The van der Waals surface area contributed by atoms with E-state index in [4.69, 9.17) is 4.74 Å². The first-order valence-corrected chi connectivity index (χ1v) is 7.09. The maximum atomic E-state index is 12.4. The number of fused-ring (bicyclic) bond motifs is 1. The molecule has 0 spiro atoms. The minimum absolute atomic E-state index is 0.255. The molecule has 0 N–H and O–H groups in total. The van der Waals surface area contributed by atoms with Crippen molar-refractivity contribution in [3.63, 3.8) is 0 Å². The van der Waals surface area contributed by atoms with Crippen molar-refractivity contribution in [1.82, 2.24) is 4.57 Å². The zero-order chi connectivity index (χ0) is 14.9. The average Bonchev–Trinajstić information content (AvgIpc) is 2.66. The summed E-state index contributed by atoms with van der Waals surface area (Å²) in [6.45, 7) is 10.8. The SMILES string of the molecule is CC(C)Cn1c(C(=O)OC(C)(C)C)cc2ccccc21. The fourth-order valence-electron chi connectivity index (χ4n) is 2.27. The number of carbonyl (C=O) groups is 1. The van der Waals surface area contributed by atoms with Gasteiger partial charge in [-0.2, -0.15) is 0 Å². The summed E-state index contributed by atoms with van der Waals surface area (Å²) in [5.41, 5.74) is 1.24. The smallest absolute Gasteiger partial charge is 0.355 e. The molecule has 1 aromatic heterocycles. The van der Waals surface area contributed by atoms with Crippen molar-refractivity contribution in [2.24, 2.45) is 5.92 Å². The molecule has 108 valence electrons. The van der Waals surface area contributed by atoms with Gasteiger partial charge in [0.15, 0.2) is 0 Å². The lowest BCUT2D eigenvalue weighted by Gasteiger charge is -2.20. The van der Waals surface area contributed by atoms with Crippen molar-refractivity contribution in [3.8, 4) is 0 Å². The molecule has 0 unspecified atom stereocenters. The first kappa shape index (κ1) is 14.6. The van der Waals surface area contributed by atoms with Crippen LogP contribution in [0.4, 0.5) is 0 Å². The van der Waals surface area contributed by atoms with E-state index in [1.54, 1.807) is 0 Å². The number of nitrogens with zero attached hydrogens (tertiary/aromatic N) is 1. The third kappa shape index (κ3) is 3.21. The Morgan fingerprint density at radius 3 is 2.50 bits per heavy atom. The highest BCUT2D eigenvalue weighted by Crippen LogP contribution is 2.23. The van der Waals surface area contributed by atoms with Gasteiger partial charge >= 0.3 is 5.97 Å². The van der Waals surface area contributed by atoms with Gasteiger partial charge in [0, 0.05) is 17.4 Å². The van der Waals surface area contributed by atoms with Crippen LogP contribution in [0.5, 0.6) is 0 Å². The van der Waals surface area contributed by atoms with Crippen molar-refractivity contribution in [1.29, 1.82) is 0 Å². The molecule has 1 heterocycles. The van der Waals surface area contributed by atoms with E-state index in [1.165, 1.54) is 0 Å². The van der Waals surface area contributed by atoms with Gasteiger partial charge in [0.05, 0.1) is 0 Å². The molecule has 3 nitrogen and oxygen atoms in total. The number of esters is 1. The molecule has 0 fully saturated rings. The quantitative estimate of drug-likeness (QED) is 0.783. The molecule has 0 aliphatic heterocycles. The number of aromatic nitrogens is 1. The van der Waals surface area contributed by atoms with Crippen LogP contribution in [0.2, 0.25) is 0 Å². The lowest BCUT2D eigenvalue weighted by Crippen LogP contribution is -2.25. The predicted octanol–water partition coefficient (Wildman–Crippen LogP) is 4.25. The first-order valence-electron chi connectivity index (χ1n) is 7.09. The molecule has 1 aromatic carbocycles. The molecule has 0 aliphatic carbocycles. The summed E-state index contributed by atoms with van der Waals surface area (Å²) in [5, 5.41) is 1.08. The molecule has 3 heteroatoms. The molecular weight excluding hydrogens is 250 g/mol. The van der Waals surface area contributed by atoms with E-state index in [0.29, 0.717) is 11.6 Å². The largest absolute Gasteiger partial charge is 0.455 e. The monoisotopic (exact) mass is 273 g/mol. The Balaban J connectivity index is 2.48. The van der Waals surface area contributed by atoms with Gasteiger partial charge in [-0.05, 0) is 38.8 Å². The topological polar surface area (TPSA) is 31.2 Å². The van der Waals surface area contributed by atoms with Crippen molar-refractivity contribution in [3.05, 3.63) is 36.0 Å². The second-order valence-electron chi connectivity index (χ2n) is 6.59. The number of carbonyl (C=O) groups excluding carboxylic acids is 1. The number of para-hydroxylation sites is 1. The summed E-state index contributed by atoms with van der Waals surface area (Å²) in [4.78, 5) is 12.4. The van der Waals surface area contributed by atoms with Crippen molar-refractivity contribution in [2.45, 2.75) is 46.8 Å². The van der Waals surface area contributed by atoms with Crippen molar-refractivity contribution >= 4 is 16.9 Å². The summed E-state index contributed by atoms with van der Waals surface area (Å²) in [5.74, 6) is 0.210. The number of hydrogen-bond donors (Lipinski definition) is 0. The maximum absolute atomic E-state index is 12.4. The first-order chi connectivity index (χ1) is 9.28. The highest BCUT2D eigenvalue weighted by Gasteiger charge is 2.22. The van der Waals surface area contributed by atoms with Gasteiger partial charge in [-0.1, -0.05) is 32.0 Å². The summed E-state index contributed by atoms with van der Waals surface area (Å²) in [6, 6.07) is 9.98. The van der Waals surface area contributed by atoms with Crippen LogP contribution in [0, 0.1) is 5.92 Å². The Bertz CT molecular complexity index is 617. The second-order valence-corrected chi connectivity index (χ2v) is 6.59.